The van der Waals surface area contributed by atoms with Crippen LogP contribution in [0.25, 0.3) is 10.8 Å². The molecule has 0 saturated heterocycles. The smallest absolute Gasteiger partial charge is 0.312 e. The Bertz CT molecular complexity index is 1290. The summed E-state index contributed by atoms with van der Waals surface area (Å²) in [5, 5.41) is 20.1. The number of fused-ring (bicyclic) bond motifs is 1. The lowest BCUT2D eigenvalue weighted by atomic mass is 10.1. The summed E-state index contributed by atoms with van der Waals surface area (Å²) < 4.78 is 13.0. The molecule has 1 amide bonds. The van der Waals surface area contributed by atoms with E-state index in [1.165, 1.54) is 4.68 Å². The molecular formula is C23H22N4O5. The van der Waals surface area contributed by atoms with Gasteiger partial charge < -0.3 is 14.5 Å². The number of aryl methyl sites for hydroxylation is 1. The van der Waals surface area contributed by atoms with Gasteiger partial charge in [-0.05, 0) is 37.4 Å². The van der Waals surface area contributed by atoms with Crippen molar-refractivity contribution in [2.75, 3.05) is 6.54 Å². The molecule has 0 fully saturated rings. The minimum absolute atomic E-state index is 0.00167. The lowest BCUT2D eigenvalue weighted by Crippen LogP contribution is -2.27. The molecule has 4 aromatic rings. The maximum Gasteiger partial charge on any atom is 0.312 e. The fraction of sp³-hybridized carbons (Fsp3) is 0.217. The second-order valence-corrected chi connectivity index (χ2v) is 7.29. The molecule has 2 heterocycles. The molecule has 2 aromatic heterocycles. The Morgan fingerprint density at radius 1 is 1.16 bits per heavy atom. The van der Waals surface area contributed by atoms with E-state index in [2.05, 4.69) is 10.4 Å². The summed E-state index contributed by atoms with van der Waals surface area (Å²) in [5.41, 5.74) is 0.798. The van der Waals surface area contributed by atoms with E-state index in [1.807, 2.05) is 42.5 Å². The van der Waals surface area contributed by atoms with Crippen LogP contribution >= 0.6 is 0 Å². The summed E-state index contributed by atoms with van der Waals surface area (Å²) in [5.74, 6) is 1.06. The third-order valence-corrected chi connectivity index (χ3v) is 5.14. The Labute approximate surface area is 183 Å². The highest BCUT2D eigenvalue weighted by Crippen LogP contribution is 2.26. The standard InChI is InChI=1S/C23H22N4O5/c1-15-22(27(29)30)16(2)26(25-15)13-12-24-23(28)21-11-10-18(32-21)14-31-20-9-5-7-17-6-3-4-8-19(17)20/h3-11H,12-14H2,1-2H3,(H,24,28). The third-order valence-electron chi connectivity index (χ3n) is 5.14. The molecule has 164 valence electrons. The molecule has 0 aliphatic carbocycles. The zero-order valence-corrected chi connectivity index (χ0v) is 17.7. The Hall–Kier alpha value is -4.14. The number of amides is 1. The Kier molecular flexibility index (Phi) is 5.89. The number of nitrogens with zero attached hydrogens (tertiary/aromatic N) is 3. The SMILES string of the molecule is Cc1nn(CCNC(=O)c2ccc(COc3cccc4ccccc34)o2)c(C)c1[N+](=O)[O-]. The topological polar surface area (TPSA) is 112 Å². The van der Waals surface area contributed by atoms with Crippen LogP contribution in [-0.2, 0) is 13.2 Å². The number of benzene rings is 2. The normalized spacial score (nSPS) is 10.9. The van der Waals surface area contributed by atoms with E-state index in [4.69, 9.17) is 9.15 Å². The zero-order valence-electron chi connectivity index (χ0n) is 17.7. The van der Waals surface area contributed by atoms with Gasteiger partial charge >= 0.3 is 5.69 Å². The maximum absolute atomic E-state index is 12.4. The van der Waals surface area contributed by atoms with Crippen LogP contribution in [0, 0.1) is 24.0 Å². The number of hydrogen-bond acceptors (Lipinski definition) is 6. The number of hydrogen-bond donors (Lipinski definition) is 1. The number of carbonyl (C=O) groups excluding carboxylic acids is 1. The van der Waals surface area contributed by atoms with Crippen LogP contribution in [0.1, 0.15) is 27.7 Å². The van der Waals surface area contributed by atoms with Gasteiger partial charge in [0.25, 0.3) is 5.91 Å². The highest BCUT2D eigenvalue weighted by molar-refractivity contribution is 5.91. The van der Waals surface area contributed by atoms with E-state index in [9.17, 15) is 14.9 Å². The molecule has 0 saturated carbocycles. The number of aromatic nitrogens is 2. The lowest BCUT2D eigenvalue weighted by Gasteiger charge is -2.08. The highest BCUT2D eigenvalue weighted by atomic mass is 16.6. The fourth-order valence-electron chi connectivity index (χ4n) is 3.58. The minimum atomic E-state index is -0.447. The highest BCUT2D eigenvalue weighted by Gasteiger charge is 2.21. The molecule has 0 aliphatic rings. The molecule has 0 spiro atoms. The van der Waals surface area contributed by atoms with Crippen molar-refractivity contribution in [3.63, 3.8) is 0 Å². The summed E-state index contributed by atoms with van der Waals surface area (Å²) in [4.78, 5) is 23.0. The van der Waals surface area contributed by atoms with Crippen molar-refractivity contribution in [1.29, 1.82) is 0 Å². The van der Waals surface area contributed by atoms with Crippen molar-refractivity contribution < 1.29 is 18.9 Å². The van der Waals surface area contributed by atoms with Gasteiger partial charge in [-0.3, -0.25) is 19.6 Å². The van der Waals surface area contributed by atoms with Gasteiger partial charge in [0.05, 0.1) is 11.5 Å². The number of furan rings is 1. The van der Waals surface area contributed by atoms with Gasteiger partial charge in [0.1, 0.15) is 29.5 Å². The molecule has 2 aromatic carbocycles. The second-order valence-electron chi connectivity index (χ2n) is 7.29. The predicted molar refractivity (Wildman–Crippen MR) is 118 cm³/mol. The van der Waals surface area contributed by atoms with Crippen LogP contribution < -0.4 is 10.1 Å². The molecular weight excluding hydrogens is 412 g/mol. The summed E-state index contributed by atoms with van der Waals surface area (Å²) in [6, 6.07) is 17.1. The van der Waals surface area contributed by atoms with Crippen molar-refractivity contribution in [1.82, 2.24) is 15.1 Å². The van der Waals surface area contributed by atoms with Crippen LogP contribution in [0.4, 0.5) is 5.69 Å². The molecule has 4 rings (SSSR count). The number of carbonyl (C=O) groups is 1. The largest absolute Gasteiger partial charge is 0.485 e. The molecule has 9 heteroatoms. The molecule has 0 unspecified atom stereocenters. The van der Waals surface area contributed by atoms with Crippen molar-refractivity contribution >= 4 is 22.4 Å². The van der Waals surface area contributed by atoms with Crippen molar-refractivity contribution in [2.45, 2.75) is 27.0 Å². The van der Waals surface area contributed by atoms with Crippen LogP contribution in [-0.4, -0.2) is 27.2 Å². The van der Waals surface area contributed by atoms with Crippen LogP contribution in [0.3, 0.4) is 0 Å². The quantitative estimate of drug-likeness (QED) is 0.329. The Morgan fingerprint density at radius 3 is 2.72 bits per heavy atom. The van der Waals surface area contributed by atoms with E-state index >= 15 is 0 Å². The summed E-state index contributed by atoms with van der Waals surface area (Å²) in [6.07, 6.45) is 0. The number of nitrogens with one attached hydrogen (secondary N) is 1. The van der Waals surface area contributed by atoms with Gasteiger partial charge in [-0.25, -0.2) is 0 Å². The first-order valence-corrected chi connectivity index (χ1v) is 10.1. The molecule has 0 radical (unpaired) electrons. The molecule has 0 atom stereocenters. The number of rotatable bonds is 8. The van der Waals surface area contributed by atoms with Gasteiger partial charge in [0.15, 0.2) is 5.76 Å². The zero-order chi connectivity index (χ0) is 22.7. The van der Waals surface area contributed by atoms with Gasteiger partial charge in [0.2, 0.25) is 0 Å². The third kappa shape index (κ3) is 4.31. The van der Waals surface area contributed by atoms with Crippen LogP contribution in [0.15, 0.2) is 59.0 Å². The van der Waals surface area contributed by atoms with Crippen molar-refractivity contribution in [2.24, 2.45) is 0 Å². The molecule has 9 nitrogen and oxygen atoms in total. The summed E-state index contributed by atoms with van der Waals surface area (Å²) in [6.45, 7) is 3.97. The Morgan fingerprint density at radius 2 is 1.94 bits per heavy atom. The van der Waals surface area contributed by atoms with Gasteiger partial charge in [-0.15, -0.1) is 0 Å². The molecule has 0 bridgehead atoms. The van der Waals surface area contributed by atoms with E-state index in [0.29, 0.717) is 23.7 Å². The van der Waals surface area contributed by atoms with Crippen molar-refractivity contribution in [3.8, 4) is 5.75 Å². The van der Waals surface area contributed by atoms with Gasteiger partial charge in [-0.1, -0.05) is 36.4 Å². The molecule has 32 heavy (non-hydrogen) atoms. The van der Waals surface area contributed by atoms with Crippen LogP contribution in [0.5, 0.6) is 5.75 Å². The molecule has 1 N–H and O–H groups in total. The van der Waals surface area contributed by atoms with E-state index in [1.54, 1.807) is 26.0 Å². The first-order chi connectivity index (χ1) is 15.4. The maximum atomic E-state index is 12.4. The first kappa shape index (κ1) is 21.1. The van der Waals surface area contributed by atoms with E-state index in [-0.39, 0.29) is 30.5 Å². The van der Waals surface area contributed by atoms with Gasteiger partial charge in [0, 0.05) is 11.9 Å². The van der Waals surface area contributed by atoms with E-state index < -0.39 is 4.92 Å². The fourth-order valence-corrected chi connectivity index (χ4v) is 3.58. The van der Waals surface area contributed by atoms with Crippen molar-refractivity contribution in [3.05, 3.63) is 87.6 Å². The van der Waals surface area contributed by atoms with E-state index in [0.717, 1.165) is 16.5 Å². The first-order valence-electron chi connectivity index (χ1n) is 10.1. The van der Waals surface area contributed by atoms with Crippen LogP contribution in [0.2, 0.25) is 0 Å². The van der Waals surface area contributed by atoms with Gasteiger partial charge in [-0.2, -0.15) is 5.10 Å². The number of ether oxygens (including phenoxy) is 1. The average Bonchev–Trinajstić information content (AvgIpc) is 3.36. The monoisotopic (exact) mass is 434 g/mol. The predicted octanol–water partition coefficient (Wildman–Crippen LogP) is 4.16. The second kappa shape index (κ2) is 8.93. The number of nitro groups is 1. The minimum Gasteiger partial charge on any atom is -0.485 e. The average molecular weight is 434 g/mol. The molecule has 0 aliphatic heterocycles. The summed E-state index contributed by atoms with van der Waals surface area (Å²) in [7, 11) is 0. The Balaban J connectivity index is 1.33. The summed E-state index contributed by atoms with van der Waals surface area (Å²) >= 11 is 0. The lowest BCUT2D eigenvalue weighted by molar-refractivity contribution is -0.386.